The Kier molecular flexibility index (Phi) is 4.72. The normalized spacial score (nSPS) is 10.6. The zero-order valence-electron chi connectivity index (χ0n) is 15.5. The average molecular weight is 374 g/mol. The fourth-order valence-electron chi connectivity index (χ4n) is 3.22. The predicted octanol–water partition coefficient (Wildman–Crippen LogP) is 5.59. The third-order valence-corrected chi connectivity index (χ3v) is 4.51. The second-order valence-electron chi connectivity index (χ2n) is 6.08. The second-order valence-corrected chi connectivity index (χ2v) is 6.08. The van der Waals surface area contributed by atoms with Gasteiger partial charge in [0.25, 0.3) is 0 Å². The van der Waals surface area contributed by atoms with E-state index in [-0.39, 0.29) is 0 Å². The highest BCUT2D eigenvalue weighted by Gasteiger charge is 2.15. The van der Waals surface area contributed by atoms with Crippen LogP contribution in [-0.2, 0) is 0 Å². The average Bonchev–Trinajstić information content (AvgIpc) is 2.74. The topological polar surface area (TPSA) is 54.0 Å². The third kappa shape index (κ3) is 3.18. The summed E-state index contributed by atoms with van der Waals surface area (Å²) >= 11 is 0. The van der Waals surface area contributed by atoms with Gasteiger partial charge >= 0.3 is 6.16 Å². The van der Waals surface area contributed by atoms with E-state index in [9.17, 15) is 4.79 Å². The van der Waals surface area contributed by atoms with Crippen LogP contribution in [0.3, 0.4) is 0 Å². The van der Waals surface area contributed by atoms with Gasteiger partial charge in [-0.15, -0.1) is 0 Å². The van der Waals surface area contributed by atoms with Crippen molar-refractivity contribution in [3.63, 3.8) is 0 Å². The maximum atomic E-state index is 12.5. The van der Waals surface area contributed by atoms with Crippen LogP contribution in [0.2, 0.25) is 0 Å². The van der Waals surface area contributed by atoms with Crippen LogP contribution in [0.4, 0.5) is 4.79 Å². The predicted molar refractivity (Wildman–Crippen MR) is 108 cm³/mol. The number of hydrogen-bond acceptors (Lipinski definition) is 5. The molecule has 0 radical (unpaired) electrons. The number of benzene rings is 4. The molecular weight excluding hydrogens is 356 g/mol. The van der Waals surface area contributed by atoms with Crippen molar-refractivity contribution in [3.8, 4) is 23.0 Å². The van der Waals surface area contributed by atoms with Gasteiger partial charge in [0.2, 0.25) is 0 Å². The monoisotopic (exact) mass is 374 g/mol. The zero-order valence-corrected chi connectivity index (χ0v) is 15.5. The van der Waals surface area contributed by atoms with Crippen molar-refractivity contribution in [2.45, 2.75) is 0 Å². The Balaban J connectivity index is 1.65. The van der Waals surface area contributed by atoms with Gasteiger partial charge < -0.3 is 18.9 Å². The molecule has 0 spiro atoms. The van der Waals surface area contributed by atoms with E-state index in [0.717, 1.165) is 21.5 Å². The number of carbonyl (C=O) groups is 1. The number of fused-ring (bicyclic) bond motifs is 2. The summed E-state index contributed by atoms with van der Waals surface area (Å²) in [6.45, 7) is 0. The fourth-order valence-corrected chi connectivity index (χ4v) is 3.22. The summed E-state index contributed by atoms with van der Waals surface area (Å²) < 4.78 is 21.7. The molecule has 4 aromatic carbocycles. The summed E-state index contributed by atoms with van der Waals surface area (Å²) in [5.74, 6) is 2.22. The molecule has 5 nitrogen and oxygen atoms in total. The van der Waals surface area contributed by atoms with E-state index in [1.54, 1.807) is 38.5 Å². The van der Waals surface area contributed by atoms with Crippen LogP contribution in [0.25, 0.3) is 21.5 Å². The lowest BCUT2D eigenvalue weighted by molar-refractivity contribution is 0.153. The van der Waals surface area contributed by atoms with Gasteiger partial charge in [-0.1, -0.05) is 48.5 Å². The Bertz CT molecular complexity index is 1070. The van der Waals surface area contributed by atoms with Crippen LogP contribution >= 0.6 is 0 Å². The molecule has 0 N–H and O–H groups in total. The summed E-state index contributed by atoms with van der Waals surface area (Å²) in [6, 6.07) is 22.0. The number of ether oxygens (including phenoxy) is 4. The molecule has 0 atom stereocenters. The minimum atomic E-state index is -0.814. The molecule has 140 valence electrons. The maximum Gasteiger partial charge on any atom is 0.519 e. The molecule has 0 heterocycles. The Hall–Kier alpha value is -3.73. The third-order valence-electron chi connectivity index (χ3n) is 4.51. The van der Waals surface area contributed by atoms with E-state index in [4.69, 9.17) is 18.9 Å². The molecule has 0 bridgehead atoms. The smallest absolute Gasteiger partial charge is 0.496 e. The van der Waals surface area contributed by atoms with E-state index >= 15 is 0 Å². The van der Waals surface area contributed by atoms with Crippen LogP contribution < -0.4 is 18.9 Å². The molecule has 0 saturated heterocycles. The molecule has 0 unspecified atom stereocenters. The molecule has 5 heteroatoms. The van der Waals surface area contributed by atoms with Gasteiger partial charge in [0, 0.05) is 21.5 Å². The van der Waals surface area contributed by atoms with Gasteiger partial charge in [0.05, 0.1) is 14.2 Å². The van der Waals surface area contributed by atoms with E-state index in [2.05, 4.69) is 0 Å². The molecule has 4 aromatic rings. The summed E-state index contributed by atoms with van der Waals surface area (Å²) in [5.41, 5.74) is 0. The van der Waals surface area contributed by atoms with E-state index in [0.29, 0.717) is 23.0 Å². The quantitative estimate of drug-likeness (QED) is 0.344. The summed E-state index contributed by atoms with van der Waals surface area (Å²) in [4.78, 5) is 12.5. The van der Waals surface area contributed by atoms with Crippen molar-refractivity contribution < 1.29 is 23.7 Å². The van der Waals surface area contributed by atoms with Gasteiger partial charge in [0.1, 0.15) is 23.0 Å². The standard InChI is InChI=1S/C23H18O5/c1-25-19-11-13-21(17-9-5-3-7-15(17)19)27-23(24)28-22-14-12-20(26-2)16-8-4-6-10-18(16)22/h3-14H,1-2H3. The minimum Gasteiger partial charge on any atom is -0.496 e. The zero-order chi connectivity index (χ0) is 19.5. The van der Waals surface area contributed by atoms with Gasteiger partial charge in [-0.05, 0) is 24.3 Å². The number of carbonyl (C=O) groups excluding carboxylic acids is 1. The first-order chi connectivity index (χ1) is 13.7. The Morgan fingerprint density at radius 3 is 1.21 bits per heavy atom. The molecule has 0 fully saturated rings. The number of rotatable bonds is 4. The molecular formula is C23H18O5. The van der Waals surface area contributed by atoms with Crippen LogP contribution in [-0.4, -0.2) is 20.4 Å². The lowest BCUT2D eigenvalue weighted by atomic mass is 10.1. The molecule has 0 aliphatic carbocycles. The van der Waals surface area contributed by atoms with Crippen molar-refractivity contribution in [3.05, 3.63) is 72.8 Å². The van der Waals surface area contributed by atoms with Crippen LogP contribution in [0.15, 0.2) is 72.8 Å². The highest BCUT2D eigenvalue weighted by Crippen LogP contribution is 2.35. The fraction of sp³-hybridized carbons (Fsp3) is 0.0870. The van der Waals surface area contributed by atoms with Gasteiger partial charge in [-0.2, -0.15) is 0 Å². The summed E-state index contributed by atoms with van der Waals surface area (Å²) in [7, 11) is 3.21. The second kappa shape index (κ2) is 7.48. The largest absolute Gasteiger partial charge is 0.519 e. The summed E-state index contributed by atoms with van der Waals surface area (Å²) in [6.07, 6.45) is -0.814. The van der Waals surface area contributed by atoms with Crippen LogP contribution in [0.5, 0.6) is 23.0 Å². The van der Waals surface area contributed by atoms with Crippen molar-refractivity contribution in [2.75, 3.05) is 14.2 Å². The van der Waals surface area contributed by atoms with Crippen molar-refractivity contribution in [1.29, 1.82) is 0 Å². The highest BCUT2D eigenvalue weighted by molar-refractivity contribution is 5.96. The number of methoxy groups -OCH3 is 2. The van der Waals surface area contributed by atoms with Crippen LogP contribution in [0, 0.1) is 0 Å². The lowest BCUT2D eigenvalue weighted by Gasteiger charge is -2.12. The van der Waals surface area contributed by atoms with E-state index in [1.165, 1.54) is 0 Å². The molecule has 0 amide bonds. The van der Waals surface area contributed by atoms with Gasteiger partial charge in [0.15, 0.2) is 0 Å². The first kappa shape index (κ1) is 17.7. The first-order valence-corrected chi connectivity index (χ1v) is 8.72. The Morgan fingerprint density at radius 2 is 0.857 bits per heavy atom. The molecule has 28 heavy (non-hydrogen) atoms. The molecule has 0 saturated carbocycles. The van der Waals surface area contributed by atoms with Crippen molar-refractivity contribution in [2.24, 2.45) is 0 Å². The Labute approximate surface area is 162 Å². The molecule has 0 aliphatic rings. The summed E-state index contributed by atoms with van der Waals surface area (Å²) in [5, 5.41) is 3.23. The molecule has 0 aliphatic heterocycles. The van der Waals surface area contributed by atoms with Gasteiger partial charge in [-0.3, -0.25) is 0 Å². The maximum absolute atomic E-state index is 12.5. The highest BCUT2D eigenvalue weighted by atomic mass is 16.7. The SMILES string of the molecule is COc1ccc(OC(=O)Oc2ccc(OC)c3ccccc23)c2ccccc12. The van der Waals surface area contributed by atoms with Crippen molar-refractivity contribution in [1.82, 2.24) is 0 Å². The van der Waals surface area contributed by atoms with E-state index in [1.807, 2.05) is 48.5 Å². The van der Waals surface area contributed by atoms with Gasteiger partial charge in [-0.25, -0.2) is 4.79 Å². The molecule has 4 rings (SSSR count). The van der Waals surface area contributed by atoms with Crippen LogP contribution in [0.1, 0.15) is 0 Å². The Morgan fingerprint density at radius 1 is 0.536 bits per heavy atom. The lowest BCUT2D eigenvalue weighted by Crippen LogP contribution is -2.14. The minimum absolute atomic E-state index is 0.402. The first-order valence-electron chi connectivity index (χ1n) is 8.72. The molecule has 0 aromatic heterocycles. The number of hydrogen-bond donors (Lipinski definition) is 0. The van der Waals surface area contributed by atoms with E-state index < -0.39 is 6.16 Å². The van der Waals surface area contributed by atoms with Crippen molar-refractivity contribution >= 4 is 27.7 Å².